The van der Waals surface area contributed by atoms with Gasteiger partial charge in [0.25, 0.3) is 0 Å². The van der Waals surface area contributed by atoms with Gasteiger partial charge in [0.1, 0.15) is 5.75 Å². The van der Waals surface area contributed by atoms with E-state index < -0.39 is 0 Å². The second-order valence-corrected chi connectivity index (χ2v) is 6.13. The minimum atomic E-state index is -0.0787. The molecule has 122 valence electrons. The largest absolute Gasteiger partial charge is 0.493 e. The molecule has 0 saturated heterocycles. The van der Waals surface area contributed by atoms with Crippen LogP contribution in [0.25, 0.3) is 11.3 Å². The topological polar surface area (TPSA) is 39.1 Å². The number of hydrogen-bond acceptors (Lipinski definition) is 3. The molecule has 0 radical (unpaired) electrons. The number of aryl methyl sites for hydroxylation is 2. The second-order valence-electron chi connectivity index (χ2n) is 6.13. The molecular weight excluding hydrogens is 298 g/mol. The molecule has 0 amide bonds. The van der Waals surface area contributed by atoms with Crippen molar-refractivity contribution in [3.8, 4) is 17.0 Å². The first-order valence-electron chi connectivity index (χ1n) is 8.33. The van der Waals surface area contributed by atoms with Crippen LogP contribution in [0.1, 0.15) is 29.9 Å². The summed E-state index contributed by atoms with van der Waals surface area (Å²) in [5.74, 6) is 0.897. The van der Waals surface area contributed by atoms with Crippen molar-refractivity contribution in [2.45, 2.75) is 26.9 Å². The molecule has 0 fully saturated rings. The Hall–Kier alpha value is -2.75. The highest BCUT2D eigenvalue weighted by atomic mass is 16.5. The van der Waals surface area contributed by atoms with Crippen LogP contribution in [0.5, 0.6) is 5.75 Å². The summed E-state index contributed by atoms with van der Waals surface area (Å²) in [4.78, 5) is 0. The summed E-state index contributed by atoms with van der Waals surface area (Å²) in [6, 6.07) is 16.7. The number of anilines is 1. The van der Waals surface area contributed by atoms with Gasteiger partial charge in [0.2, 0.25) is 0 Å². The van der Waals surface area contributed by atoms with E-state index in [9.17, 15) is 0 Å². The van der Waals surface area contributed by atoms with Crippen LogP contribution in [0, 0.1) is 13.8 Å². The van der Waals surface area contributed by atoms with Gasteiger partial charge in [-0.15, -0.1) is 0 Å². The van der Waals surface area contributed by atoms with Gasteiger partial charge < -0.3 is 10.1 Å². The van der Waals surface area contributed by atoms with Crippen molar-refractivity contribution in [2.24, 2.45) is 0 Å². The van der Waals surface area contributed by atoms with Gasteiger partial charge in [-0.25, -0.2) is 4.68 Å². The van der Waals surface area contributed by atoms with Crippen LogP contribution in [0.2, 0.25) is 0 Å². The molecule has 1 atom stereocenters. The Balaban J connectivity index is 1.91. The maximum atomic E-state index is 5.85. The highest BCUT2D eigenvalue weighted by molar-refractivity contribution is 5.81. The number of hydrogen-bond donors (Lipinski definition) is 1. The molecule has 1 aromatic heterocycles. The summed E-state index contributed by atoms with van der Waals surface area (Å²) in [6.45, 7) is 6.82. The summed E-state index contributed by atoms with van der Waals surface area (Å²) >= 11 is 0. The van der Waals surface area contributed by atoms with Gasteiger partial charge >= 0.3 is 0 Å². The maximum Gasteiger partial charge on any atom is 0.150 e. The highest BCUT2D eigenvalue weighted by Gasteiger charge is 2.28. The first-order valence-corrected chi connectivity index (χ1v) is 8.33. The van der Waals surface area contributed by atoms with Gasteiger partial charge in [-0.2, -0.15) is 5.10 Å². The van der Waals surface area contributed by atoms with Crippen LogP contribution >= 0.6 is 0 Å². The smallest absolute Gasteiger partial charge is 0.150 e. The normalized spacial score (nSPS) is 15.4. The lowest BCUT2D eigenvalue weighted by Crippen LogP contribution is -2.26. The molecule has 0 saturated carbocycles. The van der Waals surface area contributed by atoms with Gasteiger partial charge in [-0.3, -0.25) is 0 Å². The minimum Gasteiger partial charge on any atom is -0.493 e. The van der Waals surface area contributed by atoms with Crippen molar-refractivity contribution in [1.82, 2.24) is 9.78 Å². The average Bonchev–Trinajstić information content (AvgIpc) is 2.97. The van der Waals surface area contributed by atoms with E-state index in [1.807, 2.05) is 32.0 Å². The summed E-state index contributed by atoms with van der Waals surface area (Å²) in [5.41, 5.74) is 6.84. The SMILES string of the molecule is CCOc1ccccc1[C@@H]1Nc2c(C)cccc2-c2cc(C)nn21. The van der Waals surface area contributed by atoms with Crippen molar-refractivity contribution >= 4 is 5.69 Å². The van der Waals surface area contributed by atoms with Crippen molar-refractivity contribution < 1.29 is 4.74 Å². The van der Waals surface area contributed by atoms with Crippen molar-refractivity contribution in [1.29, 1.82) is 0 Å². The number of aromatic nitrogens is 2. The van der Waals surface area contributed by atoms with E-state index in [4.69, 9.17) is 9.84 Å². The van der Waals surface area contributed by atoms with E-state index in [2.05, 4.69) is 47.3 Å². The van der Waals surface area contributed by atoms with Crippen LogP contribution in [-0.4, -0.2) is 16.4 Å². The number of rotatable bonds is 3. The van der Waals surface area contributed by atoms with Gasteiger partial charge in [-0.05, 0) is 38.5 Å². The number of ether oxygens (including phenoxy) is 1. The zero-order chi connectivity index (χ0) is 16.7. The molecule has 1 aliphatic rings. The first kappa shape index (κ1) is 14.8. The number of para-hydroxylation sites is 2. The third-order valence-corrected chi connectivity index (χ3v) is 4.45. The number of nitrogens with one attached hydrogen (secondary N) is 1. The quantitative estimate of drug-likeness (QED) is 0.770. The molecule has 4 rings (SSSR count). The molecular formula is C20H21N3O. The number of nitrogens with zero attached hydrogens (tertiary/aromatic N) is 2. The number of fused-ring (bicyclic) bond motifs is 3. The van der Waals surface area contributed by atoms with E-state index in [-0.39, 0.29) is 6.17 Å². The lowest BCUT2D eigenvalue weighted by atomic mass is 10.0. The molecule has 24 heavy (non-hydrogen) atoms. The van der Waals surface area contributed by atoms with Gasteiger partial charge in [0.15, 0.2) is 6.17 Å². The van der Waals surface area contributed by atoms with E-state index in [1.54, 1.807) is 0 Å². The monoisotopic (exact) mass is 319 g/mol. The molecule has 1 aliphatic heterocycles. The fourth-order valence-electron chi connectivity index (χ4n) is 3.39. The molecule has 0 spiro atoms. The lowest BCUT2D eigenvalue weighted by molar-refractivity contribution is 0.332. The van der Waals surface area contributed by atoms with Gasteiger partial charge in [-0.1, -0.05) is 36.4 Å². The number of benzene rings is 2. The Morgan fingerprint density at radius 1 is 1.12 bits per heavy atom. The summed E-state index contributed by atoms with van der Waals surface area (Å²) in [6.07, 6.45) is -0.0787. The Morgan fingerprint density at radius 2 is 1.96 bits per heavy atom. The molecule has 4 nitrogen and oxygen atoms in total. The molecule has 3 aromatic rings. The Morgan fingerprint density at radius 3 is 2.79 bits per heavy atom. The van der Waals surface area contributed by atoms with Crippen molar-refractivity contribution in [3.63, 3.8) is 0 Å². The molecule has 2 heterocycles. The van der Waals surface area contributed by atoms with E-state index >= 15 is 0 Å². The maximum absolute atomic E-state index is 5.85. The van der Waals surface area contributed by atoms with Crippen molar-refractivity contribution in [2.75, 3.05) is 11.9 Å². The molecule has 0 bridgehead atoms. The predicted octanol–water partition coefficient (Wildman–Crippen LogP) is 4.54. The van der Waals surface area contributed by atoms with Gasteiger partial charge in [0.05, 0.1) is 18.0 Å². The van der Waals surface area contributed by atoms with Crippen LogP contribution < -0.4 is 10.1 Å². The molecule has 0 unspecified atom stereocenters. The predicted molar refractivity (Wildman–Crippen MR) is 96.5 cm³/mol. The average molecular weight is 319 g/mol. The Bertz CT molecular complexity index is 898. The van der Waals surface area contributed by atoms with Gasteiger partial charge in [0, 0.05) is 16.8 Å². The van der Waals surface area contributed by atoms with Crippen LogP contribution in [0.4, 0.5) is 5.69 Å². The highest BCUT2D eigenvalue weighted by Crippen LogP contribution is 2.41. The standard InChI is InChI=1S/C20H21N3O/c1-4-24-18-11-6-5-9-16(18)20-21-19-13(2)8-7-10-15(19)17-12-14(3)22-23(17)20/h5-12,20-21H,4H2,1-3H3/t20-/m1/s1. The Labute approximate surface area is 142 Å². The zero-order valence-electron chi connectivity index (χ0n) is 14.2. The molecule has 4 heteroatoms. The van der Waals surface area contributed by atoms with E-state index in [0.29, 0.717) is 6.61 Å². The fraction of sp³-hybridized carbons (Fsp3) is 0.250. The van der Waals surface area contributed by atoms with Crippen LogP contribution in [-0.2, 0) is 0 Å². The molecule has 0 aliphatic carbocycles. The fourth-order valence-corrected chi connectivity index (χ4v) is 3.39. The molecule has 1 N–H and O–H groups in total. The van der Waals surface area contributed by atoms with Crippen LogP contribution in [0.15, 0.2) is 48.5 Å². The zero-order valence-corrected chi connectivity index (χ0v) is 14.2. The van der Waals surface area contributed by atoms with Crippen molar-refractivity contribution in [3.05, 3.63) is 65.4 Å². The van der Waals surface area contributed by atoms with E-state index in [0.717, 1.165) is 22.7 Å². The summed E-state index contributed by atoms with van der Waals surface area (Å²) in [7, 11) is 0. The Kier molecular flexibility index (Phi) is 3.53. The summed E-state index contributed by atoms with van der Waals surface area (Å²) < 4.78 is 7.91. The summed E-state index contributed by atoms with van der Waals surface area (Å²) in [5, 5.41) is 8.41. The molecule has 2 aromatic carbocycles. The lowest BCUT2D eigenvalue weighted by Gasteiger charge is -2.31. The third kappa shape index (κ3) is 2.26. The first-order chi connectivity index (χ1) is 11.7. The minimum absolute atomic E-state index is 0.0787. The van der Waals surface area contributed by atoms with Crippen LogP contribution in [0.3, 0.4) is 0 Å². The second kappa shape index (κ2) is 5.71. The third-order valence-electron chi connectivity index (χ3n) is 4.45. The van der Waals surface area contributed by atoms with E-state index in [1.165, 1.54) is 16.8 Å².